The van der Waals surface area contributed by atoms with E-state index in [0.717, 1.165) is 23.7 Å². The van der Waals surface area contributed by atoms with Crippen LogP contribution in [0.1, 0.15) is 65.2 Å². The number of rotatable bonds is 2. The largest absolute Gasteiger partial charge is 0.328 e. The van der Waals surface area contributed by atoms with E-state index in [1.807, 2.05) is 0 Å². The monoisotopic (exact) mass is 223 g/mol. The third kappa shape index (κ3) is 3.48. The summed E-state index contributed by atoms with van der Waals surface area (Å²) in [7, 11) is 0. The molecule has 0 aromatic heterocycles. The third-order valence-corrected chi connectivity index (χ3v) is 4.88. The molecule has 16 heavy (non-hydrogen) atoms. The van der Waals surface area contributed by atoms with Crippen LogP contribution in [-0.2, 0) is 0 Å². The van der Waals surface area contributed by atoms with Gasteiger partial charge in [-0.1, -0.05) is 39.5 Å². The summed E-state index contributed by atoms with van der Waals surface area (Å²) in [4.78, 5) is 0. The van der Waals surface area contributed by atoms with Crippen molar-refractivity contribution in [2.45, 2.75) is 71.3 Å². The van der Waals surface area contributed by atoms with E-state index in [2.05, 4.69) is 13.8 Å². The zero-order valence-corrected chi connectivity index (χ0v) is 11.1. The lowest BCUT2D eigenvalue weighted by Crippen LogP contribution is -2.23. The van der Waals surface area contributed by atoms with Crippen molar-refractivity contribution in [1.29, 1.82) is 0 Å². The van der Waals surface area contributed by atoms with Gasteiger partial charge in [-0.25, -0.2) is 0 Å². The van der Waals surface area contributed by atoms with Crippen molar-refractivity contribution in [3.05, 3.63) is 0 Å². The molecule has 0 spiro atoms. The van der Waals surface area contributed by atoms with Gasteiger partial charge in [0.2, 0.25) is 0 Å². The van der Waals surface area contributed by atoms with E-state index in [1.54, 1.807) is 0 Å². The fourth-order valence-corrected chi connectivity index (χ4v) is 4.02. The second kappa shape index (κ2) is 5.53. The number of hydrogen-bond acceptors (Lipinski definition) is 1. The highest BCUT2D eigenvalue weighted by Gasteiger charge is 2.27. The first-order valence-electron chi connectivity index (χ1n) is 7.39. The molecule has 0 bridgehead atoms. The van der Waals surface area contributed by atoms with Crippen LogP contribution in [0.15, 0.2) is 0 Å². The Balaban J connectivity index is 1.80. The summed E-state index contributed by atoms with van der Waals surface area (Å²) in [5.74, 6) is 3.82. The average molecular weight is 223 g/mol. The summed E-state index contributed by atoms with van der Waals surface area (Å²) in [5, 5.41) is 0. The standard InChI is InChI=1S/C15H29N/c1-11-3-5-13(7-11)9-14-6-4-12(2)8-15(16)10-14/h11-15H,3-10,16H2,1-2H3. The van der Waals surface area contributed by atoms with Crippen molar-refractivity contribution in [2.24, 2.45) is 29.4 Å². The molecule has 0 radical (unpaired) electrons. The lowest BCUT2D eigenvalue weighted by molar-refractivity contribution is 0.326. The van der Waals surface area contributed by atoms with Gasteiger partial charge in [0.1, 0.15) is 0 Å². The Morgan fingerprint density at radius 1 is 0.812 bits per heavy atom. The SMILES string of the molecule is CC1CCC(CC2CCC(C)C2)CC(N)C1. The van der Waals surface area contributed by atoms with Crippen molar-refractivity contribution in [2.75, 3.05) is 0 Å². The predicted molar refractivity (Wildman–Crippen MR) is 70.2 cm³/mol. The second-order valence-electron chi connectivity index (χ2n) is 6.80. The number of hydrogen-bond donors (Lipinski definition) is 1. The summed E-state index contributed by atoms with van der Waals surface area (Å²) >= 11 is 0. The van der Waals surface area contributed by atoms with E-state index < -0.39 is 0 Å². The first kappa shape index (κ1) is 12.4. The van der Waals surface area contributed by atoms with Crippen LogP contribution in [0.4, 0.5) is 0 Å². The molecule has 2 aliphatic carbocycles. The van der Waals surface area contributed by atoms with Crippen molar-refractivity contribution in [3.8, 4) is 0 Å². The molecule has 0 saturated heterocycles. The summed E-state index contributed by atoms with van der Waals surface area (Å²) < 4.78 is 0. The minimum absolute atomic E-state index is 0.487. The van der Waals surface area contributed by atoms with Gasteiger partial charge in [0.05, 0.1) is 0 Å². The molecule has 5 atom stereocenters. The van der Waals surface area contributed by atoms with Gasteiger partial charge in [-0.15, -0.1) is 0 Å². The first-order valence-corrected chi connectivity index (χ1v) is 7.39. The second-order valence-corrected chi connectivity index (χ2v) is 6.80. The van der Waals surface area contributed by atoms with E-state index in [1.165, 1.54) is 51.4 Å². The maximum Gasteiger partial charge on any atom is 0.00440 e. The normalized spacial score (nSPS) is 45.6. The molecule has 5 unspecified atom stereocenters. The van der Waals surface area contributed by atoms with Gasteiger partial charge < -0.3 is 5.73 Å². The maximum atomic E-state index is 6.22. The molecule has 2 saturated carbocycles. The van der Waals surface area contributed by atoms with E-state index in [4.69, 9.17) is 5.73 Å². The Bertz CT molecular complexity index is 213. The summed E-state index contributed by atoms with van der Waals surface area (Å²) in [5.41, 5.74) is 6.22. The number of nitrogens with two attached hydrogens (primary N) is 1. The van der Waals surface area contributed by atoms with Gasteiger partial charge in [-0.3, -0.25) is 0 Å². The molecule has 2 N–H and O–H groups in total. The average Bonchev–Trinajstić information content (AvgIpc) is 2.52. The maximum absolute atomic E-state index is 6.22. The summed E-state index contributed by atoms with van der Waals surface area (Å²) in [6.45, 7) is 4.79. The highest BCUT2D eigenvalue weighted by Crippen LogP contribution is 2.38. The molecule has 2 fully saturated rings. The Morgan fingerprint density at radius 2 is 1.38 bits per heavy atom. The van der Waals surface area contributed by atoms with Gasteiger partial charge in [0.25, 0.3) is 0 Å². The van der Waals surface area contributed by atoms with Crippen LogP contribution in [0, 0.1) is 23.7 Å². The molecular formula is C15H29N. The third-order valence-electron chi connectivity index (χ3n) is 4.88. The molecule has 0 amide bonds. The molecule has 0 aromatic rings. The highest BCUT2D eigenvalue weighted by molar-refractivity contribution is 4.81. The van der Waals surface area contributed by atoms with E-state index in [0.29, 0.717) is 6.04 Å². The van der Waals surface area contributed by atoms with E-state index in [-0.39, 0.29) is 0 Å². The van der Waals surface area contributed by atoms with Gasteiger partial charge in [0, 0.05) is 6.04 Å². The Morgan fingerprint density at radius 3 is 2.00 bits per heavy atom. The molecule has 1 heteroatoms. The van der Waals surface area contributed by atoms with E-state index in [9.17, 15) is 0 Å². The van der Waals surface area contributed by atoms with Crippen LogP contribution < -0.4 is 5.73 Å². The molecule has 0 aliphatic heterocycles. The summed E-state index contributed by atoms with van der Waals surface area (Å²) in [6.07, 6.45) is 11.3. The zero-order valence-electron chi connectivity index (χ0n) is 11.1. The first-order chi connectivity index (χ1) is 7.63. The Kier molecular flexibility index (Phi) is 4.29. The molecule has 1 nitrogen and oxygen atoms in total. The lowest BCUT2D eigenvalue weighted by Gasteiger charge is -2.20. The fraction of sp³-hybridized carbons (Fsp3) is 1.00. The van der Waals surface area contributed by atoms with Crippen molar-refractivity contribution < 1.29 is 0 Å². The molecule has 2 aliphatic rings. The van der Waals surface area contributed by atoms with Crippen molar-refractivity contribution >= 4 is 0 Å². The van der Waals surface area contributed by atoms with Crippen LogP contribution in [0.25, 0.3) is 0 Å². The zero-order chi connectivity index (χ0) is 11.5. The van der Waals surface area contributed by atoms with Crippen LogP contribution in [0.3, 0.4) is 0 Å². The van der Waals surface area contributed by atoms with Gasteiger partial charge in [0.15, 0.2) is 0 Å². The topological polar surface area (TPSA) is 26.0 Å². The quantitative estimate of drug-likeness (QED) is 0.704. The summed E-state index contributed by atoms with van der Waals surface area (Å²) in [6, 6.07) is 0.487. The molecule has 0 heterocycles. The lowest BCUT2D eigenvalue weighted by atomic mass is 9.87. The van der Waals surface area contributed by atoms with Gasteiger partial charge in [-0.05, 0) is 49.4 Å². The minimum atomic E-state index is 0.487. The molecular weight excluding hydrogens is 194 g/mol. The Hall–Kier alpha value is -0.0400. The van der Waals surface area contributed by atoms with Crippen LogP contribution >= 0.6 is 0 Å². The highest BCUT2D eigenvalue weighted by atomic mass is 14.6. The van der Waals surface area contributed by atoms with Crippen molar-refractivity contribution in [1.82, 2.24) is 0 Å². The molecule has 2 rings (SSSR count). The van der Waals surface area contributed by atoms with E-state index >= 15 is 0 Å². The van der Waals surface area contributed by atoms with Crippen LogP contribution in [0.2, 0.25) is 0 Å². The fourth-order valence-electron chi connectivity index (χ4n) is 4.02. The van der Waals surface area contributed by atoms with Crippen molar-refractivity contribution in [3.63, 3.8) is 0 Å². The molecule has 0 aromatic carbocycles. The molecule has 94 valence electrons. The van der Waals surface area contributed by atoms with Crippen LogP contribution in [-0.4, -0.2) is 6.04 Å². The van der Waals surface area contributed by atoms with Crippen LogP contribution in [0.5, 0.6) is 0 Å². The van der Waals surface area contributed by atoms with Gasteiger partial charge >= 0.3 is 0 Å². The smallest absolute Gasteiger partial charge is 0.00440 e. The minimum Gasteiger partial charge on any atom is -0.328 e. The predicted octanol–water partition coefficient (Wildman–Crippen LogP) is 3.97. The Labute approximate surface area is 101 Å². The van der Waals surface area contributed by atoms with Gasteiger partial charge in [-0.2, -0.15) is 0 Å².